The van der Waals surface area contributed by atoms with Crippen LogP contribution >= 0.6 is 27.3 Å². The molecule has 0 amide bonds. The summed E-state index contributed by atoms with van der Waals surface area (Å²) in [5.74, 6) is 0.622. The van der Waals surface area contributed by atoms with Crippen LogP contribution in [-0.2, 0) is 6.42 Å². The van der Waals surface area contributed by atoms with Crippen molar-refractivity contribution >= 4 is 33.1 Å². The molecule has 0 radical (unpaired) electrons. The molecule has 0 aliphatic rings. The Labute approximate surface area is 94.9 Å². The van der Waals surface area contributed by atoms with Gasteiger partial charge in [-0.15, -0.1) is 11.3 Å². The third kappa shape index (κ3) is 2.13. The number of pyridine rings is 1. The van der Waals surface area contributed by atoms with Crippen LogP contribution in [0.3, 0.4) is 0 Å². The van der Waals surface area contributed by atoms with E-state index < -0.39 is 0 Å². The summed E-state index contributed by atoms with van der Waals surface area (Å²) in [6.07, 6.45) is 2.57. The van der Waals surface area contributed by atoms with Crippen molar-refractivity contribution in [2.45, 2.75) is 6.42 Å². The van der Waals surface area contributed by atoms with Crippen molar-refractivity contribution < 1.29 is 0 Å². The monoisotopic (exact) mass is 268 g/mol. The summed E-state index contributed by atoms with van der Waals surface area (Å²) >= 11 is 5.16. The van der Waals surface area contributed by atoms with Gasteiger partial charge in [-0.3, -0.25) is 0 Å². The lowest BCUT2D eigenvalue weighted by Gasteiger charge is -2.01. The highest BCUT2D eigenvalue weighted by molar-refractivity contribution is 9.11. The SMILES string of the molecule is Nc1ncccc1Cc1ccc(Br)s1. The van der Waals surface area contributed by atoms with Gasteiger partial charge in [0.05, 0.1) is 3.79 Å². The molecule has 0 unspecified atom stereocenters. The van der Waals surface area contributed by atoms with Crippen molar-refractivity contribution in [1.82, 2.24) is 4.98 Å². The first-order valence-electron chi connectivity index (χ1n) is 4.19. The van der Waals surface area contributed by atoms with Crippen LogP contribution in [-0.4, -0.2) is 4.98 Å². The second kappa shape index (κ2) is 4.11. The van der Waals surface area contributed by atoms with Gasteiger partial charge in [0, 0.05) is 17.5 Å². The Kier molecular flexibility index (Phi) is 2.84. The molecule has 0 aliphatic carbocycles. The van der Waals surface area contributed by atoms with Crippen molar-refractivity contribution in [3.63, 3.8) is 0 Å². The maximum Gasteiger partial charge on any atom is 0.126 e. The predicted octanol–water partition coefficient (Wildman–Crippen LogP) is 3.08. The quantitative estimate of drug-likeness (QED) is 0.909. The molecule has 2 heterocycles. The van der Waals surface area contributed by atoms with Crippen LogP contribution in [0.1, 0.15) is 10.4 Å². The minimum Gasteiger partial charge on any atom is -0.383 e. The molecule has 2 aromatic rings. The van der Waals surface area contributed by atoms with Gasteiger partial charge < -0.3 is 5.73 Å². The number of anilines is 1. The van der Waals surface area contributed by atoms with Gasteiger partial charge in [0.1, 0.15) is 5.82 Å². The van der Waals surface area contributed by atoms with Gasteiger partial charge in [-0.25, -0.2) is 4.98 Å². The summed E-state index contributed by atoms with van der Waals surface area (Å²) in [6, 6.07) is 8.07. The van der Waals surface area contributed by atoms with E-state index in [1.165, 1.54) is 4.88 Å². The molecule has 2 nitrogen and oxygen atoms in total. The zero-order valence-corrected chi connectivity index (χ0v) is 9.81. The van der Waals surface area contributed by atoms with E-state index in [0.717, 1.165) is 15.8 Å². The summed E-state index contributed by atoms with van der Waals surface area (Å²) in [4.78, 5) is 5.34. The van der Waals surface area contributed by atoms with Crippen LogP contribution in [0.25, 0.3) is 0 Å². The third-order valence-corrected chi connectivity index (χ3v) is 3.54. The summed E-state index contributed by atoms with van der Waals surface area (Å²) in [7, 11) is 0. The minimum absolute atomic E-state index is 0.622. The fourth-order valence-corrected chi connectivity index (χ4v) is 2.74. The van der Waals surface area contributed by atoms with Crippen molar-refractivity contribution in [2.75, 3.05) is 5.73 Å². The normalized spacial score (nSPS) is 10.4. The van der Waals surface area contributed by atoms with Crippen molar-refractivity contribution in [3.8, 4) is 0 Å². The van der Waals surface area contributed by atoms with E-state index in [1.54, 1.807) is 17.5 Å². The molecule has 0 atom stereocenters. The van der Waals surface area contributed by atoms with Crippen LogP contribution in [0.4, 0.5) is 5.82 Å². The number of nitrogens with two attached hydrogens (primary N) is 1. The van der Waals surface area contributed by atoms with Crippen LogP contribution < -0.4 is 5.73 Å². The largest absolute Gasteiger partial charge is 0.383 e. The highest BCUT2D eigenvalue weighted by Crippen LogP contribution is 2.25. The number of aromatic nitrogens is 1. The Morgan fingerprint density at radius 3 is 2.86 bits per heavy atom. The fraction of sp³-hybridized carbons (Fsp3) is 0.100. The second-order valence-corrected chi connectivity index (χ2v) is 5.48. The standard InChI is InChI=1S/C10H9BrN2S/c11-9-4-3-8(14-9)6-7-2-1-5-13-10(7)12/h1-5H,6H2,(H2,12,13). The summed E-state index contributed by atoms with van der Waals surface area (Å²) in [6.45, 7) is 0. The summed E-state index contributed by atoms with van der Waals surface area (Å²) in [5.41, 5.74) is 6.84. The maximum atomic E-state index is 5.76. The third-order valence-electron chi connectivity index (χ3n) is 1.92. The van der Waals surface area contributed by atoms with E-state index in [-0.39, 0.29) is 0 Å². The molecular formula is C10H9BrN2S. The van der Waals surface area contributed by atoms with Gasteiger partial charge in [0.25, 0.3) is 0 Å². The van der Waals surface area contributed by atoms with Gasteiger partial charge in [-0.2, -0.15) is 0 Å². The van der Waals surface area contributed by atoms with Crippen molar-refractivity contribution in [2.24, 2.45) is 0 Å². The Hall–Kier alpha value is -0.870. The molecule has 2 rings (SSSR count). The molecule has 4 heteroatoms. The minimum atomic E-state index is 0.622. The van der Waals surface area contributed by atoms with Crippen molar-refractivity contribution in [1.29, 1.82) is 0 Å². The number of nitrogens with zero attached hydrogens (tertiary/aromatic N) is 1. The number of hydrogen-bond acceptors (Lipinski definition) is 3. The van der Waals surface area contributed by atoms with Gasteiger partial charge >= 0.3 is 0 Å². The van der Waals surface area contributed by atoms with E-state index in [4.69, 9.17) is 5.73 Å². The lowest BCUT2D eigenvalue weighted by Crippen LogP contribution is -1.96. The van der Waals surface area contributed by atoms with E-state index in [2.05, 4.69) is 27.0 Å². The van der Waals surface area contributed by atoms with Crippen molar-refractivity contribution in [3.05, 3.63) is 44.7 Å². The number of hydrogen-bond donors (Lipinski definition) is 1. The average Bonchev–Trinajstić information content (AvgIpc) is 2.56. The Morgan fingerprint density at radius 2 is 2.21 bits per heavy atom. The number of thiophene rings is 1. The molecule has 2 N–H and O–H groups in total. The molecule has 0 bridgehead atoms. The van der Waals surface area contributed by atoms with Crippen LogP contribution in [0.2, 0.25) is 0 Å². The molecular weight excluding hydrogens is 260 g/mol. The van der Waals surface area contributed by atoms with E-state index >= 15 is 0 Å². The van der Waals surface area contributed by atoms with Gasteiger partial charge in [-0.05, 0) is 39.7 Å². The van der Waals surface area contributed by atoms with Crippen LogP contribution in [0.15, 0.2) is 34.2 Å². The first-order valence-corrected chi connectivity index (χ1v) is 5.80. The smallest absolute Gasteiger partial charge is 0.126 e. The topological polar surface area (TPSA) is 38.9 Å². The van der Waals surface area contributed by atoms with E-state index in [0.29, 0.717) is 5.82 Å². The molecule has 0 aromatic carbocycles. The predicted molar refractivity (Wildman–Crippen MR) is 63.5 cm³/mol. The molecule has 2 aromatic heterocycles. The Morgan fingerprint density at radius 1 is 1.36 bits per heavy atom. The molecule has 0 saturated carbocycles. The molecule has 0 spiro atoms. The Balaban J connectivity index is 2.23. The summed E-state index contributed by atoms with van der Waals surface area (Å²) in [5, 5.41) is 0. The van der Waals surface area contributed by atoms with Gasteiger partial charge in [-0.1, -0.05) is 6.07 Å². The lowest BCUT2D eigenvalue weighted by atomic mass is 10.1. The van der Waals surface area contributed by atoms with E-state index in [9.17, 15) is 0 Å². The second-order valence-electron chi connectivity index (χ2n) is 2.93. The highest BCUT2D eigenvalue weighted by atomic mass is 79.9. The molecule has 72 valence electrons. The number of rotatable bonds is 2. The maximum absolute atomic E-state index is 5.76. The molecule has 0 aliphatic heterocycles. The zero-order chi connectivity index (χ0) is 9.97. The van der Waals surface area contributed by atoms with Crippen LogP contribution in [0, 0.1) is 0 Å². The van der Waals surface area contributed by atoms with Gasteiger partial charge in [0.2, 0.25) is 0 Å². The van der Waals surface area contributed by atoms with Crippen LogP contribution in [0.5, 0.6) is 0 Å². The average molecular weight is 269 g/mol. The molecule has 0 saturated heterocycles. The molecule has 0 fully saturated rings. The Bertz CT molecular complexity index is 439. The van der Waals surface area contributed by atoms with E-state index in [1.807, 2.05) is 18.2 Å². The number of halogens is 1. The lowest BCUT2D eigenvalue weighted by molar-refractivity contribution is 1.18. The number of nitrogen functional groups attached to an aromatic ring is 1. The zero-order valence-electron chi connectivity index (χ0n) is 7.40. The first-order chi connectivity index (χ1) is 6.75. The summed E-state index contributed by atoms with van der Waals surface area (Å²) < 4.78 is 1.15. The first kappa shape index (κ1) is 9.68. The van der Waals surface area contributed by atoms with Gasteiger partial charge in [0.15, 0.2) is 0 Å². The highest BCUT2D eigenvalue weighted by Gasteiger charge is 2.02. The fourth-order valence-electron chi connectivity index (χ4n) is 1.23. The molecule has 14 heavy (non-hydrogen) atoms.